The van der Waals surface area contributed by atoms with Gasteiger partial charge in [0.2, 0.25) is 0 Å². The van der Waals surface area contributed by atoms with Crippen molar-refractivity contribution in [3.05, 3.63) is 53.6 Å². The van der Waals surface area contributed by atoms with Crippen molar-refractivity contribution in [2.45, 2.75) is 25.8 Å². The highest BCUT2D eigenvalue weighted by molar-refractivity contribution is 7.13. The first-order chi connectivity index (χ1) is 12.6. The molecule has 0 spiro atoms. The molecule has 0 fully saturated rings. The quantitative estimate of drug-likeness (QED) is 0.623. The van der Waals surface area contributed by atoms with Crippen molar-refractivity contribution in [1.82, 2.24) is 4.98 Å². The van der Waals surface area contributed by atoms with Crippen molar-refractivity contribution in [3.8, 4) is 0 Å². The Labute approximate surface area is 156 Å². The Morgan fingerprint density at radius 1 is 1.46 bits per heavy atom. The fourth-order valence-electron chi connectivity index (χ4n) is 2.95. The lowest BCUT2D eigenvalue weighted by atomic mass is 9.96. The zero-order chi connectivity index (χ0) is 18.5. The minimum atomic E-state index is -0.598. The van der Waals surface area contributed by atoms with E-state index < -0.39 is 5.97 Å². The van der Waals surface area contributed by atoms with Crippen LogP contribution in [0.25, 0.3) is 0 Å². The normalized spacial score (nSPS) is 15.9. The molecule has 0 unspecified atom stereocenters. The van der Waals surface area contributed by atoms with Crippen LogP contribution in [0.15, 0.2) is 42.3 Å². The number of ether oxygens (including phenoxy) is 1. The third-order valence-corrected chi connectivity index (χ3v) is 5.03. The maximum Gasteiger partial charge on any atom is 0.358 e. The van der Waals surface area contributed by atoms with E-state index in [9.17, 15) is 9.59 Å². The molecule has 0 saturated heterocycles. The summed E-state index contributed by atoms with van der Waals surface area (Å²) in [4.78, 5) is 30.7. The number of aromatic nitrogens is 1. The molecule has 0 saturated carbocycles. The van der Waals surface area contributed by atoms with Gasteiger partial charge in [0.1, 0.15) is 0 Å². The lowest BCUT2D eigenvalue weighted by Crippen LogP contribution is -2.44. The summed E-state index contributed by atoms with van der Waals surface area (Å²) in [5, 5.41) is 5.23. The van der Waals surface area contributed by atoms with Crippen molar-refractivity contribution >= 4 is 34.0 Å². The standard InChI is InChI=1S/C19H21N3O3S/c1-3-10-20-19-21-15(12-26-19)18(24)25-11-17(23)22-13(2)8-9-14-6-4-5-7-16(14)22/h3-7,12-13H,1,8-11H2,2H3,(H,20,21)/t13-/m0/s1. The monoisotopic (exact) mass is 371 g/mol. The van der Waals surface area contributed by atoms with Gasteiger partial charge in [0.15, 0.2) is 17.4 Å². The lowest BCUT2D eigenvalue weighted by Gasteiger charge is -2.35. The van der Waals surface area contributed by atoms with Crippen molar-refractivity contribution in [1.29, 1.82) is 0 Å². The van der Waals surface area contributed by atoms with E-state index in [2.05, 4.69) is 16.9 Å². The number of nitrogens with zero attached hydrogens (tertiary/aromatic N) is 2. The Hall–Kier alpha value is -2.67. The third-order valence-electron chi connectivity index (χ3n) is 4.23. The van der Waals surface area contributed by atoms with Crippen LogP contribution >= 0.6 is 11.3 Å². The maximum absolute atomic E-state index is 12.7. The van der Waals surface area contributed by atoms with E-state index in [0.717, 1.165) is 24.1 Å². The third kappa shape index (κ3) is 3.94. The van der Waals surface area contributed by atoms with Gasteiger partial charge in [-0.15, -0.1) is 17.9 Å². The van der Waals surface area contributed by atoms with Gasteiger partial charge >= 0.3 is 5.97 Å². The highest BCUT2D eigenvalue weighted by atomic mass is 32.1. The number of hydrogen-bond acceptors (Lipinski definition) is 6. The second-order valence-electron chi connectivity index (χ2n) is 6.06. The van der Waals surface area contributed by atoms with Gasteiger partial charge in [-0.1, -0.05) is 24.3 Å². The number of nitrogens with one attached hydrogen (secondary N) is 1. The molecule has 0 radical (unpaired) electrons. The number of fused-ring (bicyclic) bond motifs is 1. The predicted octanol–water partition coefficient (Wildman–Crippen LogP) is 3.27. The molecule has 1 N–H and O–H groups in total. The number of carbonyl (C=O) groups is 2. The minimum absolute atomic E-state index is 0.0741. The molecule has 3 rings (SSSR count). The van der Waals surface area contributed by atoms with Gasteiger partial charge in [-0.3, -0.25) is 4.79 Å². The van der Waals surface area contributed by atoms with Gasteiger partial charge in [-0.05, 0) is 31.4 Å². The molecule has 7 heteroatoms. The van der Waals surface area contributed by atoms with E-state index in [1.807, 2.05) is 31.2 Å². The van der Waals surface area contributed by atoms with E-state index in [0.29, 0.717) is 11.7 Å². The molecule has 1 aliphatic heterocycles. The maximum atomic E-state index is 12.7. The fourth-order valence-corrected chi connectivity index (χ4v) is 3.64. The highest BCUT2D eigenvalue weighted by Gasteiger charge is 2.28. The smallest absolute Gasteiger partial charge is 0.358 e. The molecule has 2 aromatic rings. The first-order valence-electron chi connectivity index (χ1n) is 8.47. The van der Waals surface area contributed by atoms with Crippen molar-refractivity contribution < 1.29 is 14.3 Å². The molecule has 1 amide bonds. The number of esters is 1. The lowest BCUT2D eigenvalue weighted by molar-refractivity contribution is -0.122. The van der Waals surface area contributed by atoms with Crippen LogP contribution in [0.4, 0.5) is 10.8 Å². The Morgan fingerprint density at radius 3 is 3.08 bits per heavy atom. The summed E-state index contributed by atoms with van der Waals surface area (Å²) in [7, 11) is 0. The number of para-hydroxylation sites is 1. The number of thiazole rings is 1. The average molecular weight is 371 g/mol. The molecule has 1 aliphatic rings. The van der Waals surface area contributed by atoms with Crippen LogP contribution in [0.2, 0.25) is 0 Å². The Bertz CT molecular complexity index is 818. The molecule has 0 aliphatic carbocycles. The number of benzene rings is 1. The number of rotatable bonds is 6. The first-order valence-corrected chi connectivity index (χ1v) is 9.35. The van der Waals surface area contributed by atoms with Crippen molar-refractivity contribution in [3.63, 3.8) is 0 Å². The molecular weight excluding hydrogens is 350 g/mol. The summed E-state index contributed by atoms with van der Waals surface area (Å²) in [6, 6.07) is 7.92. The van der Waals surface area contributed by atoms with E-state index in [-0.39, 0.29) is 24.2 Å². The van der Waals surface area contributed by atoms with Gasteiger partial charge in [-0.2, -0.15) is 0 Å². The van der Waals surface area contributed by atoms with Gasteiger partial charge in [-0.25, -0.2) is 9.78 Å². The zero-order valence-corrected chi connectivity index (χ0v) is 15.4. The molecule has 2 heterocycles. The topological polar surface area (TPSA) is 71.5 Å². The number of anilines is 2. The van der Waals surface area contributed by atoms with Crippen molar-refractivity contribution in [2.75, 3.05) is 23.4 Å². The summed E-state index contributed by atoms with van der Waals surface area (Å²) in [5.41, 5.74) is 2.24. The van der Waals surface area contributed by atoms with Crippen LogP contribution in [0.5, 0.6) is 0 Å². The van der Waals surface area contributed by atoms with E-state index in [1.165, 1.54) is 11.3 Å². The predicted molar refractivity (Wildman–Crippen MR) is 103 cm³/mol. The van der Waals surface area contributed by atoms with Gasteiger partial charge in [0.25, 0.3) is 5.91 Å². The van der Waals surface area contributed by atoms with E-state index >= 15 is 0 Å². The van der Waals surface area contributed by atoms with Crippen LogP contribution < -0.4 is 10.2 Å². The number of hydrogen-bond donors (Lipinski definition) is 1. The molecule has 6 nitrogen and oxygen atoms in total. The number of amides is 1. The molecule has 1 atom stereocenters. The second kappa shape index (κ2) is 8.14. The Morgan fingerprint density at radius 2 is 2.27 bits per heavy atom. The van der Waals surface area contributed by atoms with E-state index in [4.69, 9.17) is 4.74 Å². The SMILES string of the molecule is C=CCNc1nc(C(=O)OCC(=O)N2c3ccccc3CC[C@@H]2C)cs1. The molecule has 136 valence electrons. The summed E-state index contributed by atoms with van der Waals surface area (Å²) in [6.07, 6.45) is 3.54. The largest absolute Gasteiger partial charge is 0.451 e. The molecule has 1 aromatic carbocycles. The van der Waals surface area contributed by atoms with Gasteiger partial charge < -0.3 is 15.0 Å². The van der Waals surface area contributed by atoms with Gasteiger partial charge in [0, 0.05) is 23.7 Å². The summed E-state index contributed by atoms with van der Waals surface area (Å²) in [6.45, 7) is 5.88. The summed E-state index contributed by atoms with van der Waals surface area (Å²) >= 11 is 1.31. The minimum Gasteiger partial charge on any atom is -0.451 e. The summed E-state index contributed by atoms with van der Waals surface area (Å²) < 4.78 is 5.19. The van der Waals surface area contributed by atoms with Crippen LogP contribution in [-0.4, -0.2) is 36.1 Å². The fraction of sp³-hybridized carbons (Fsp3) is 0.316. The zero-order valence-electron chi connectivity index (χ0n) is 14.6. The summed E-state index contributed by atoms with van der Waals surface area (Å²) in [5.74, 6) is -0.822. The number of aryl methyl sites for hydroxylation is 1. The Kier molecular flexibility index (Phi) is 5.68. The number of carbonyl (C=O) groups excluding carboxylic acids is 2. The highest BCUT2D eigenvalue weighted by Crippen LogP contribution is 2.30. The molecule has 0 bridgehead atoms. The van der Waals surface area contributed by atoms with Crippen LogP contribution in [0, 0.1) is 0 Å². The second-order valence-corrected chi connectivity index (χ2v) is 6.92. The molecular formula is C19H21N3O3S. The van der Waals surface area contributed by atoms with Crippen molar-refractivity contribution in [2.24, 2.45) is 0 Å². The van der Waals surface area contributed by atoms with Crippen LogP contribution in [0.1, 0.15) is 29.4 Å². The first kappa shape index (κ1) is 18.1. The average Bonchev–Trinajstić information content (AvgIpc) is 3.13. The van der Waals surface area contributed by atoms with E-state index in [1.54, 1.807) is 16.4 Å². The van der Waals surface area contributed by atoms with Crippen LogP contribution in [0.3, 0.4) is 0 Å². The Balaban J connectivity index is 1.62. The van der Waals surface area contributed by atoms with Crippen LogP contribution in [-0.2, 0) is 16.0 Å². The van der Waals surface area contributed by atoms with Gasteiger partial charge in [0.05, 0.1) is 0 Å². The molecule has 1 aromatic heterocycles. The molecule has 26 heavy (non-hydrogen) atoms.